The van der Waals surface area contributed by atoms with E-state index in [4.69, 9.17) is 0 Å². The maximum absolute atomic E-state index is 4.36. The highest BCUT2D eigenvalue weighted by Gasteiger charge is 2.25. The molecule has 1 aliphatic carbocycles. The minimum Gasteiger partial charge on any atom is -0.294 e. The summed E-state index contributed by atoms with van der Waals surface area (Å²) in [5.74, 6) is 1.01. The van der Waals surface area contributed by atoms with E-state index in [1.54, 1.807) is 0 Å². The highest BCUT2D eigenvalue weighted by atomic mass is 14.8. The lowest BCUT2D eigenvalue weighted by atomic mass is 10.0. The van der Waals surface area contributed by atoms with Crippen LogP contribution in [0, 0.1) is 5.92 Å². The predicted molar refractivity (Wildman–Crippen MR) is 34.2 cm³/mol. The molecular weight excluding hydrogens is 98.1 g/mol. The van der Waals surface area contributed by atoms with E-state index in [2.05, 4.69) is 11.2 Å². The molecule has 1 fully saturated rings. The summed E-state index contributed by atoms with van der Waals surface area (Å²) in [4.78, 5) is 4.36. The Morgan fingerprint density at radius 2 is 2.38 bits per heavy atom. The lowest BCUT2D eigenvalue weighted by Crippen LogP contribution is -2.05. The van der Waals surface area contributed by atoms with Crippen LogP contribution in [0.4, 0.5) is 0 Å². The van der Waals surface area contributed by atoms with E-state index < -0.39 is 0 Å². The van der Waals surface area contributed by atoms with Crippen molar-refractivity contribution in [2.45, 2.75) is 31.7 Å². The molecule has 0 aromatic carbocycles. The van der Waals surface area contributed by atoms with Crippen LogP contribution in [0.5, 0.6) is 0 Å². The average Bonchev–Trinajstić information content (AvgIpc) is 2.12. The molecule has 0 aromatic heterocycles. The van der Waals surface area contributed by atoms with Crippen molar-refractivity contribution in [3.8, 4) is 0 Å². The van der Waals surface area contributed by atoms with E-state index in [0.29, 0.717) is 0 Å². The monoisotopic (exact) mass is 109 g/mol. The van der Waals surface area contributed by atoms with E-state index >= 15 is 0 Å². The van der Waals surface area contributed by atoms with Crippen LogP contribution < -0.4 is 0 Å². The summed E-state index contributed by atoms with van der Waals surface area (Å²) in [6.45, 7) is 0. The zero-order valence-electron chi connectivity index (χ0n) is 5.01. The summed E-state index contributed by atoms with van der Waals surface area (Å²) in [6, 6.07) is 0.730. The summed E-state index contributed by atoms with van der Waals surface area (Å²) in [5, 5.41) is 0. The Morgan fingerprint density at radius 1 is 1.38 bits per heavy atom. The van der Waals surface area contributed by atoms with Gasteiger partial charge in [0.2, 0.25) is 0 Å². The number of fused-ring (bicyclic) bond motifs is 2. The second kappa shape index (κ2) is 1.57. The third-order valence-electron chi connectivity index (χ3n) is 2.27. The fourth-order valence-corrected chi connectivity index (χ4v) is 1.76. The quantitative estimate of drug-likeness (QED) is 0.448. The molecule has 2 unspecified atom stereocenters. The lowest BCUT2D eigenvalue weighted by Gasteiger charge is -2.09. The van der Waals surface area contributed by atoms with Crippen molar-refractivity contribution in [2.75, 3.05) is 0 Å². The maximum Gasteiger partial charge on any atom is 0.0498 e. The molecule has 2 rings (SSSR count). The van der Waals surface area contributed by atoms with Crippen molar-refractivity contribution in [1.82, 2.24) is 0 Å². The number of hydrogen-bond acceptors (Lipinski definition) is 1. The van der Waals surface area contributed by atoms with Gasteiger partial charge in [0.05, 0.1) is 0 Å². The zero-order valence-corrected chi connectivity index (χ0v) is 5.01. The third kappa shape index (κ3) is 0.575. The average molecular weight is 109 g/mol. The van der Waals surface area contributed by atoms with Gasteiger partial charge in [-0.1, -0.05) is 0 Å². The first kappa shape index (κ1) is 4.54. The van der Waals surface area contributed by atoms with Crippen LogP contribution in [0.1, 0.15) is 25.7 Å². The van der Waals surface area contributed by atoms with Gasteiger partial charge in [0.15, 0.2) is 0 Å². The van der Waals surface area contributed by atoms with Crippen molar-refractivity contribution in [1.29, 1.82) is 0 Å². The van der Waals surface area contributed by atoms with Gasteiger partial charge < -0.3 is 0 Å². The zero-order chi connectivity index (χ0) is 5.40. The molecule has 0 amide bonds. The minimum atomic E-state index is 0.730. The summed E-state index contributed by atoms with van der Waals surface area (Å²) >= 11 is 0. The highest BCUT2D eigenvalue weighted by molar-refractivity contribution is 5.59. The Hall–Kier alpha value is -0.330. The minimum absolute atomic E-state index is 0.730. The van der Waals surface area contributed by atoms with Crippen LogP contribution >= 0.6 is 0 Å². The molecule has 1 nitrogen and oxygen atoms in total. The predicted octanol–water partition coefficient (Wildman–Crippen LogP) is 1.63. The van der Waals surface area contributed by atoms with Gasteiger partial charge in [0.25, 0.3) is 0 Å². The van der Waals surface area contributed by atoms with Crippen molar-refractivity contribution < 1.29 is 0 Å². The largest absolute Gasteiger partial charge is 0.294 e. The van der Waals surface area contributed by atoms with E-state index in [9.17, 15) is 0 Å². The number of rotatable bonds is 0. The molecule has 0 N–H and O–H groups in total. The Kier molecular flexibility index (Phi) is 0.893. The molecule has 1 saturated carbocycles. The van der Waals surface area contributed by atoms with Crippen molar-refractivity contribution in [3.05, 3.63) is 0 Å². The number of hydrogen-bond donors (Lipinski definition) is 0. The molecule has 0 aromatic rings. The van der Waals surface area contributed by atoms with Gasteiger partial charge in [0.1, 0.15) is 0 Å². The third-order valence-corrected chi connectivity index (χ3v) is 2.27. The van der Waals surface area contributed by atoms with Gasteiger partial charge in [-0.15, -0.1) is 0 Å². The standard InChI is InChI=1S/C7H11N/c1-2-7-5-6(1)3-4-8-7/h4,6-7H,1-3,5H2. The van der Waals surface area contributed by atoms with E-state index in [0.717, 1.165) is 12.0 Å². The summed E-state index contributed by atoms with van der Waals surface area (Å²) < 4.78 is 0. The second-order valence-corrected chi connectivity index (χ2v) is 2.90. The molecule has 0 saturated heterocycles. The Balaban J connectivity index is 2.17. The van der Waals surface area contributed by atoms with Gasteiger partial charge >= 0.3 is 0 Å². The molecule has 0 spiro atoms. The first-order valence-corrected chi connectivity index (χ1v) is 3.47. The van der Waals surface area contributed by atoms with E-state index in [-0.39, 0.29) is 0 Å². The van der Waals surface area contributed by atoms with Crippen molar-refractivity contribution >= 4 is 6.21 Å². The van der Waals surface area contributed by atoms with Crippen LogP contribution in [0.15, 0.2) is 4.99 Å². The number of nitrogens with zero attached hydrogens (tertiary/aromatic N) is 1. The molecule has 1 heterocycles. The topological polar surface area (TPSA) is 12.4 Å². The van der Waals surface area contributed by atoms with Crippen LogP contribution in [0.2, 0.25) is 0 Å². The second-order valence-electron chi connectivity index (χ2n) is 2.90. The summed E-state index contributed by atoms with van der Waals surface area (Å²) in [6.07, 6.45) is 7.56. The van der Waals surface area contributed by atoms with Gasteiger partial charge in [-0.3, -0.25) is 4.99 Å². The molecule has 2 atom stereocenters. The fourth-order valence-electron chi connectivity index (χ4n) is 1.76. The first-order chi connectivity index (χ1) is 3.95. The van der Waals surface area contributed by atoms with Crippen LogP contribution in [-0.4, -0.2) is 12.3 Å². The highest BCUT2D eigenvalue weighted by Crippen LogP contribution is 2.32. The van der Waals surface area contributed by atoms with Gasteiger partial charge in [-0.05, 0) is 37.8 Å². The van der Waals surface area contributed by atoms with E-state index in [1.807, 2.05) is 0 Å². The molecule has 2 aliphatic rings. The molecule has 0 radical (unpaired) electrons. The summed E-state index contributed by atoms with van der Waals surface area (Å²) in [7, 11) is 0. The first-order valence-electron chi connectivity index (χ1n) is 3.47. The molecule has 1 aliphatic heterocycles. The lowest BCUT2D eigenvalue weighted by molar-refractivity contribution is 0.546. The van der Waals surface area contributed by atoms with Gasteiger partial charge in [-0.2, -0.15) is 0 Å². The van der Waals surface area contributed by atoms with Crippen molar-refractivity contribution in [3.63, 3.8) is 0 Å². The maximum atomic E-state index is 4.36. The molecule has 44 valence electrons. The Labute approximate surface area is 49.8 Å². The Morgan fingerprint density at radius 3 is 3.12 bits per heavy atom. The SMILES string of the molecule is C1=NC2CCC(C1)C2. The molecule has 8 heavy (non-hydrogen) atoms. The molecular formula is C7H11N. The van der Waals surface area contributed by atoms with Crippen LogP contribution in [-0.2, 0) is 0 Å². The van der Waals surface area contributed by atoms with Crippen molar-refractivity contribution in [2.24, 2.45) is 10.9 Å². The fraction of sp³-hybridized carbons (Fsp3) is 0.857. The van der Waals surface area contributed by atoms with Gasteiger partial charge in [0, 0.05) is 6.04 Å². The molecule has 1 heteroatoms. The van der Waals surface area contributed by atoms with E-state index in [1.165, 1.54) is 25.7 Å². The summed E-state index contributed by atoms with van der Waals surface area (Å²) in [5.41, 5.74) is 0. The normalized spacial score (nSPS) is 43.0. The van der Waals surface area contributed by atoms with Crippen LogP contribution in [0.25, 0.3) is 0 Å². The smallest absolute Gasteiger partial charge is 0.0498 e. The Bertz CT molecular complexity index is 118. The number of aliphatic imine (C=N–C) groups is 1. The van der Waals surface area contributed by atoms with Crippen LogP contribution in [0.3, 0.4) is 0 Å². The van der Waals surface area contributed by atoms with Gasteiger partial charge in [-0.25, -0.2) is 0 Å². The molecule has 2 bridgehead atoms.